The van der Waals surface area contributed by atoms with E-state index < -0.39 is 11.6 Å². The third kappa shape index (κ3) is 2.75. The van der Waals surface area contributed by atoms with Crippen LogP contribution in [0, 0.1) is 24.0 Å². The van der Waals surface area contributed by atoms with Gasteiger partial charge in [0.1, 0.15) is 5.82 Å². The van der Waals surface area contributed by atoms with Gasteiger partial charge in [0.2, 0.25) is 0 Å². The van der Waals surface area contributed by atoms with Crippen LogP contribution in [0.1, 0.15) is 6.42 Å². The monoisotopic (exact) mass is 182 g/mol. The van der Waals surface area contributed by atoms with Gasteiger partial charge in [-0.25, -0.2) is 8.78 Å². The van der Waals surface area contributed by atoms with Gasteiger partial charge in [-0.15, -0.1) is 12.3 Å². The Bertz CT molecular complexity index is 328. The minimum absolute atomic E-state index is 0.0247. The molecule has 1 aromatic rings. The van der Waals surface area contributed by atoms with E-state index in [1.54, 1.807) is 0 Å². The molecule has 0 saturated carbocycles. The third-order valence-electron chi connectivity index (χ3n) is 1.40. The highest BCUT2D eigenvalue weighted by Gasteiger charge is 2.03. The van der Waals surface area contributed by atoms with Crippen LogP contribution in [-0.2, 0) is 0 Å². The molecule has 0 saturated heterocycles. The molecular weight excluding hydrogens is 174 g/mol. The number of rotatable bonds is 3. The topological polar surface area (TPSA) is 9.23 Å². The summed E-state index contributed by atoms with van der Waals surface area (Å²) in [6, 6.07) is 3.14. The second kappa shape index (κ2) is 4.46. The Hall–Kier alpha value is -1.56. The Balaban J connectivity index is 2.62. The summed E-state index contributed by atoms with van der Waals surface area (Å²) < 4.78 is 30.2. The maximum absolute atomic E-state index is 12.9. The zero-order chi connectivity index (χ0) is 9.68. The van der Waals surface area contributed by atoms with Crippen molar-refractivity contribution in [1.29, 1.82) is 0 Å². The molecule has 0 aliphatic rings. The van der Waals surface area contributed by atoms with E-state index in [1.165, 1.54) is 6.07 Å². The van der Waals surface area contributed by atoms with Gasteiger partial charge in [-0.05, 0) is 12.1 Å². The number of ether oxygens (including phenoxy) is 1. The van der Waals surface area contributed by atoms with E-state index in [-0.39, 0.29) is 12.4 Å². The number of halogens is 2. The van der Waals surface area contributed by atoms with Crippen LogP contribution in [0.5, 0.6) is 5.75 Å². The van der Waals surface area contributed by atoms with Gasteiger partial charge in [0.15, 0.2) is 11.6 Å². The first-order valence-electron chi connectivity index (χ1n) is 3.75. The highest BCUT2D eigenvalue weighted by atomic mass is 19.1. The summed E-state index contributed by atoms with van der Waals surface area (Å²) in [4.78, 5) is 0. The molecule has 1 aromatic carbocycles. The number of terminal acetylenes is 1. The Kier molecular flexibility index (Phi) is 3.27. The van der Waals surface area contributed by atoms with Gasteiger partial charge in [-0.1, -0.05) is 0 Å². The van der Waals surface area contributed by atoms with Crippen molar-refractivity contribution < 1.29 is 13.5 Å². The second-order valence-electron chi connectivity index (χ2n) is 2.38. The van der Waals surface area contributed by atoms with Crippen molar-refractivity contribution >= 4 is 0 Å². The zero-order valence-corrected chi connectivity index (χ0v) is 6.89. The van der Waals surface area contributed by atoms with Crippen molar-refractivity contribution in [2.45, 2.75) is 6.42 Å². The Morgan fingerprint density at radius 1 is 1.38 bits per heavy atom. The smallest absolute Gasteiger partial charge is 0.167 e. The van der Waals surface area contributed by atoms with Crippen molar-refractivity contribution in [1.82, 2.24) is 0 Å². The van der Waals surface area contributed by atoms with Crippen molar-refractivity contribution in [3.05, 3.63) is 29.8 Å². The minimum Gasteiger partial charge on any atom is -0.490 e. The third-order valence-corrected chi connectivity index (χ3v) is 1.40. The standard InChI is InChI=1S/C10H8F2O/c1-2-3-6-13-10-5-4-8(11)7-9(10)12/h1,4-5,7H,3,6H2. The molecule has 0 fully saturated rings. The molecule has 1 rings (SSSR count). The predicted molar refractivity (Wildman–Crippen MR) is 45.3 cm³/mol. The van der Waals surface area contributed by atoms with Gasteiger partial charge in [-0.3, -0.25) is 0 Å². The quantitative estimate of drug-likeness (QED) is 0.515. The number of hydrogen-bond acceptors (Lipinski definition) is 1. The van der Waals surface area contributed by atoms with Crippen molar-refractivity contribution in [2.75, 3.05) is 6.61 Å². The minimum atomic E-state index is -0.711. The molecule has 0 bridgehead atoms. The molecule has 0 amide bonds. The van der Waals surface area contributed by atoms with Crippen molar-refractivity contribution in [2.24, 2.45) is 0 Å². The van der Waals surface area contributed by atoms with E-state index in [0.717, 1.165) is 12.1 Å². The fraction of sp³-hybridized carbons (Fsp3) is 0.200. The maximum Gasteiger partial charge on any atom is 0.167 e. The highest BCUT2D eigenvalue weighted by molar-refractivity contribution is 5.24. The van der Waals surface area contributed by atoms with E-state index in [4.69, 9.17) is 11.2 Å². The van der Waals surface area contributed by atoms with Crippen LogP contribution in [-0.4, -0.2) is 6.61 Å². The van der Waals surface area contributed by atoms with E-state index in [2.05, 4.69) is 5.92 Å². The van der Waals surface area contributed by atoms with Crippen LogP contribution in [0.15, 0.2) is 18.2 Å². The largest absolute Gasteiger partial charge is 0.490 e. The number of benzene rings is 1. The van der Waals surface area contributed by atoms with Crippen LogP contribution in [0.25, 0.3) is 0 Å². The fourth-order valence-electron chi connectivity index (χ4n) is 0.812. The normalized spacial score (nSPS) is 9.31. The molecule has 0 aliphatic carbocycles. The molecule has 0 radical (unpaired) electrons. The summed E-state index contributed by atoms with van der Waals surface area (Å²) in [6.07, 6.45) is 5.37. The fourth-order valence-corrected chi connectivity index (χ4v) is 0.812. The van der Waals surface area contributed by atoms with Crippen LogP contribution < -0.4 is 4.74 Å². The van der Waals surface area contributed by atoms with E-state index in [1.807, 2.05) is 0 Å². The molecule has 0 spiro atoms. The van der Waals surface area contributed by atoms with Gasteiger partial charge in [0.25, 0.3) is 0 Å². The molecule has 0 heterocycles. The van der Waals surface area contributed by atoms with Gasteiger partial charge < -0.3 is 4.74 Å². The SMILES string of the molecule is C#CCCOc1ccc(F)cc1F. The first-order valence-corrected chi connectivity index (χ1v) is 3.75. The summed E-state index contributed by atoms with van der Waals surface area (Å²) in [6.45, 7) is 0.235. The molecule has 1 nitrogen and oxygen atoms in total. The average molecular weight is 182 g/mol. The summed E-state index contributed by atoms with van der Waals surface area (Å²) in [5, 5.41) is 0. The first-order chi connectivity index (χ1) is 6.24. The molecule has 0 unspecified atom stereocenters. The average Bonchev–Trinajstić information content (AvgIpc) is 2.09. The number of hydrogen-bond donors (Lipinski definition) is 0. The van der Waals surface area contributed by atoms with Gasteiger partial charge in [0, 0.05) is 12.5 Å². The molecule has 0 atom stereocenters. The van der Waals surface area contributed by atoms with Gasteiger partial charge >= 0.3 is 0 Å². The molecule has 13 heavy (non-hydrogen) atoms. The molecule has 0 aliphatic heterocycles. The van der Waals surface area contributed by atoms with Crippen LogP contribution in [0.3, 0.4) is 0 Å². The summed E-state index contributed by atoms with van der Waals surface area (Å²) in [7, 11) is 0. The Labute approximate surface area is 75.3 Å². The lowest BCUT2D eigenvalue weighted by Gasteiger charge is -2.04. The van der Waals surface area contributed by atoms with E-state index in [9.17, 15) is 8.78 Å². The Morgan fingerprint density at radius 2 is 2.15 bits per heavy atom. The summed E-state index contributed by atoms with van der Waals surface area (Å²) in [5.41, 5.74) is 0. The van der Waals surface area contributed by atoms with Crippen molar-refractivity contribution in [3.8, 4) is 18.1 Å². The second-order valence-corrected chi connectivity index (χ2v) is 2.38. The molecule has 0 aromatic heterocycles. The predicted octanol–water partition coefficient (Wildman–Crippen LogP) is 2.37. The van der Waals surface area contributed by atoms with Gasteiger partial charge in [0.05, 0.1) is 6.61 Å². The van der Waals surface area contributed by atoms with Crippen LogP contribution >= 0.6 is 0 Å². The van der Waals surface area contributed by atoms with E-state index >= 15 is 0 Å². The van der Waals surface area contributed by atoms with Crippen molar-refractivity contribution in [3.63, 3.8) is 0 Å². The Morgan fingerprint density at radius 3 is 2.77 bits per heavy atom. The zero-order valence-electron chi connectivity index (χ0n) is 6.89. The molecule has 3 heteroatoms. The lowest BCUT2D eigenvalue weighted by atomic mass is 10.3. The van der Waals surface area contributed by atoms with E-state index in [0.29, 0.717) is 6.42 Å². The lowest BCUT2D eigenvalue weighted by molar-refractivity contribution is 0.309. The first kappa shape index (κ1) is 9.53. The summed E-state index contributed by atoms with van der Waals surface area (Å²) >= 11 is 0. The summed E-state index contributed by atoms with van der Waals surface area (Å²) in [5.74, 6) is 1.04. The van der Waals surface area contributed by atoms with Crippen LogP contribution in [0.2, 0.25) is 0 Å². The molecule has 0 N–H and O–H groups in total. The van der Waals surface area contributed by atoms with Crippen LogP contribution in [0.4, 0.5) is 8.78 Å². The van der Waals surface area contributed by atoms with Gasteiger partial charge in [-0.2, -0.15) is 0 Å². The molecular formula is C10H8F2O. The molecule has 68 valence electrons. The highest BCUT2D eigenvalue weighted by Crippen LogP contribution is 2.17. The lowest BCUT2D eigenvalue weighted by Crippen LogP contribution is -1.98. The maximum atomic E-state index is 12.9.